The molecule has 2 rings (SSSR count). The van der Waals surface area contributed by atoms with Crippen LogP contribution in [0.25, 0.3) is 0 Å². The van der Waals surface area contributed by atoms with Gasteiger partial charge in [-0.05, 0) is 19.4 Å². The Morgan fingerprint density at radius 3 is 2.89 bits per heavy atom. The first-order valence-corrected chi connectivity index (χ1v) is 7.30. The van der Waals surface area contributed by atoms with Crippen LogP contribution in [-0.2, 0) is 5.41 Å². The third kappa shape index (κ3) is 3.78. The Hall–Kier alpha value is -0.940. The number of anilines is 1. The first-order chi connectivity index (χ1) is 8.55. The van der Waals surface area contributed by atoms with E-state index in [0.717, 1.165) is 37.0 Å². The third-order valence-corrected chi connectivity index (χ3v) is 3.65. The molecule has 2 N–H and O–H groups in total. The fraction of sp³-hybridized carbons (Fsp3) is 0.692. The lowest BCUT2D eigenvalue weighted by Gasteiger charge is -2.14. The van der Waals surface area contributed by atoms with E-state index in [2.05, 4.69) is 46.8 Å². The maximum absolute atomic E-state index is 4.53. The average molecular weight is 266 g/mol. The molecule has 0 bridgehead atoms. The van der Waals surface area contributed by atoms with E-state index < -0.39 is 0 Å². The minimum Gasteiger partial charge on any atom is -0.360 e. The Labute approximate surface area is 113 Å². The van der Waals surface area contributed by atoms with Gasteiger partial charge in [-0.2, -0.15) is 4.37 Å². The number of nitrogens with zero attached hydrogens (tertiary/aromatic N) is 2. The van der Waals surface area contributed by atoms with Crippen LogP contribution in [0.3, 0.4) is 0 Å². The number of hydrogen-bond donors (Lipinski definition) is 2. The topological polar surface area (TPSA) is 49.8 Å². The molecule has 0 aliphatic carbocycles. The van der Waals surface area contributed by atoms with Crippen LogP contribution in [0.15, 0.2) is 11.6 Å². The summed E-state index contributed by atoms with van der Waals surface area (Å²) < 4.78 is 4.40. The molecule has 0 saturated carbocycles. The van der Waals surface area contributed by atoms with Gasteiger partial charge >= 0.3 is 0 Å². The van der Waals surface area contributed by atoms with Gasteiger partial charge in [-0.1, -0.05) is 32.4 Å². The summed E-state index contributed by atoms with van der Waals surface area (Å²) in [5.41, 5.74) is 1.58. The molecule has 5 heteroatoms. The molecule has 1 aliphatic rings. The highest BCUT2D eigenvalue weighted by atomic mass is 32.1. The first-order valence-electron chi connectivity index (χ1n) is 6.52. The highest BCUT2D eigenvalue weighted by molar-refractivity contribution is 7.09. The average Bonchev–Trinajstić information content (AvgIpc) is 2.79. The lowest BCUT2D eigenvalue weighted by Crippen LogP contribution is -2.21. The van der Waals surface area contributed by atoms with Crippen molar-refractivity contribution in [3.05, 3.63) is 17.5 Å². The van der Waals surface area contributed by atoms with Crippen molar-refractivity contribution in [3.8, 4) is 0 Å². The normalized spacial score (nSPS) is 16.5. The Balaban J connectivity index is 1.80. The van der Waals surface area contributed by atoms with Crippen molar-refractivity contribution < 1.29 is 0 Å². The van der Waals surface area contributed by atoms with Crippen LogP contribution in [0.2, 0.25) is 0 Å². The van der Waals surface area contributed by atoms with Crippen LogP contribution in [0.4, 0.5) is 5.13 Å². The number of aromatic nitrogens is 2. The fourth-order valence-electron chi connectivity index (χ4n) is 1.83. The Bertz CT molecular complexity index is 417. The van der Waals surface area contributed by atoms with Crippen molar-refractivity contribution in [1.29, 1.82) is 0 Å². The van der Waals surface area contributed by atoms with Gasteiger partial charge in [0.05, 0.1) is 0 Å². The van der Waals surface area contributed by atoms with E-state index in [4.69, 9.17) is 0 Å². The Morgan fingerprint density at radius 2 is 2.28 bits per heavy atom. The van der Waals surface area contributed by atoms with E-state index in [1.165, 1.54) is 18.0 Å². The van der Waals surface area contributed by atoms with Gasteiger partial charge in [0.1, 0.15) is 5.82 Å². The van der Waals surface area contributed by atoms with Crippen molar-refractivity contribution in [2.45, 2.75) is 39.0 Å². The smallest absolute Gasteiger partial charge is 0.202 e. The third-order valence-electron chi connectivity index (χ3n) is 2.98. The van der Waals surface area contributed by atoms with Crippen molar-refractivity contribution in [2.75, 3.05) is 25.0 Å². The molecule has 1 aromatic heterocycles. The molecule has 18 heavy (non-hydrogen) atoms. The summed E-state index contributed by atoms with van der Waals surface area (Å²) in [6, 6.07) is 0. The summed E-state index contributed by atoms with van der Waals surface area (Å²) in [5, 5.41) is 7.63. The summed E-state index contributed by atoms with van der Waals surface area (Å²) in [6.45, 7) is 9.49. The predicted molar refractivity (Wildman–Crippen MR) is 77.3 cm³/mol. The van der Waals surface area contributed by atoms with Crippen molar-refractivity contribution >= 4 is 16.7 Å². The molecule has 0 radical (unpaired) electrons. The second-order valence-corrected chi connectivity index (χ2v) is 6.42. The van der Waals surface area contributed by atoms with E-state index in [0.29, 0.717) is 0 Å². The molecule has 0 aromatic carbocycles. The van der Waals surface area contributed by atoms with Gasteiger partial charge in [-0.3, -0.25) is 0 Å². The molecule has 1 aliphatic heterocycles. The predicted octanol–water partition coefficient (Wildman–Crippen LogP) is 2.56. The fourth-order valence-corrected chi connectivity index (χ4v) is 2.61. The molecule has 4 nitrogen and oxygen atoms in total. The van der Waals surface area contributed by atoms with Crippen LogP contribution in [0, 0.1) is 0 Å². The standard InChI is InChI=1S/C13H22N4S/c1-13(2,3)11-16-12(18-17-11)15-9-6-10-4-7-14-8-5-10/h4,14H,5-9H2,1-3H3,(H,15,16,17). The van der Waals surface area contributed by atoms with E-state index in [1.54, 1.807) is 5.57 Å². The monoisotopic (exact) mass is 266 g/mol. The maximum Gasteiger partial charge on any atom is 0.202 e. The minimum atomic E-state index is 0.0357. The van der Waals surface area contributed by atoms with Crippen molar-refractivity contribution in [1.82, 2.24) is 14.7 Å². The molecule has 0 fully saturated rings. The zero-order chi connectivity index (χ0) is 13.0. The molecule has 0 saturated heterocycles. The van der Waals surface area contributed by atoms with Gasteiger partial charge < -0.3 is 10.6 Å². The van der Waals surface area contributed by atoms with Gasteiger partial charge in [0, 0.05) is 30.0 Å². The molecule has 100 valence electrons. The Kier molecular flexibility index (Phi) is 4.35. The molecule has 0 atom stereocenters. The van der Waals surface area contributed by atoms with Gasteiger partial charge in [-0.25, -0.2) is 4.98 Å². The highest BCUT2D eigenvalue weighted by Crippen LogP contribution is 2.23. The molecular formula is C13H22N4S. The summed E-state index contributed by atoms with van der Waals surface area (Å²) in [4.78, 5) is 4.53. The summed E-state index contributed by atoms with van der Waals surface area (Å²) in [7, 11) is 0. The van der Waals surface area contributed by atoms with Crippen molar-refractivity contribution in [2.24, 2.45) is 0 Å². The first kappa shape index (κ1) is 13.5. The lowest BCUT2D eigenvalue weighted by atomic mass is 9.96. The number of rotatable bonds is 4. The quantitative estimate of drug-likeness (QED) is 0.822. The van der Waals surface area contributed by atoms with Gasteiger partial charge in [-0.15, -0.1) is 0 Å². The lowest BCUT2D eigenvalue weighted by molar-refractivity contribution is 0.555. The Morgan fingerprint density at radius 1 is 1.44 bits per heavy atom. The summed E-state index contributed by atoms with van der Waals surface area (Å²) in [5.74, 6) is 0.927. The zero-order valence-electron chi connectivity index (χ0n) is 11.4. The number of nitrogens with one attached hydrogen (secondary N) is 2. The molecule has 0 spiro atoms. The van der Waals surface area contributed by atoms with Gasteiger partial charge in [0.2, 0.25) is 5.13 Å². The highest BCUT2D eigenvalue weighted by Gasteiger charge is 2.19. The second kappa shape index (κ2) is 5.80. The van der Waals surface area contributed by atoms with Gasteiger partial charge in [0.15, 0.2) is 0 Å². The molecule has 2 heterocycles. The minimum absolute atomic E-state index is 0.0357. The van der Waals surface area contributed by atoms with Crippen LogP contribution in [0.1, 0.15) is 39.4 Å². The second-order valence-electron chi connectivity index (χ2n) is 5.67. The molecule has 0 unspecified atom stereocenters. The largest absolute Gasteiger partial charge is 0.360 e. The summed E-state index contributed by atoms with van der Waals surface area (Å²) in [6.07, 6.45) is 4.57. The molecule has 1 aromatic rings. The van der Waals surface area contributed by atoms with Crippen LogP contribution >= 0.6 is 11.5 Å². The van der Waals surface area contributed by atoms with Crippen LogP contribution in [0.5, 0.6) is 0 Å². The van der Waals surface area contributed by atoms with Crippen LogP contribution in [-0.4, -0.2) is 29.0 Å². The van der Waals surface area contributed by atoms with E-state index in [-0.39, 0.29) is 5.41 Å². The van der Waals surface area contributed by atoms with Crippen LogP contribution < -0.4 is 10.6 Å². The SMILES string of the molecule is CC(C)(C)c1nsc(NCCC2=CCNCC2)n1. The van der Waals surface area contributed by atoms with Gasteiger partial charge in [0.25, 0.3) is 0 Å². The van der Waals surface area contributed by atoms with Crippen molar-refractivity contribution in [3.63, 3.8) is 0 Å². The molecular weight excluding hydrogens is 244 g/mol. The van der Waals surface area contributed by atoms with E-state index >= 15 is 0 Å². The zero-order valence-corrected chi connectivity index (χ0v) is 12.2. The number of hydrogen-bond acceptors (Lipinski definition) is 5. The molecule has 0 amide bonds. The summed E-state index contributed by atoms with van der Waals surface area (Å²) >= 11 is 1.46. The van der Waals surface area contributed by atoms with E-state index in [9.17, 15) is 0 Å². The van der Waals surface area contributed by atoms with E-state index in [1.807, 2.05) is 0 Å². The maximum atomic E-state index is 4.53.